The highest BCUT2D eigenvalue weighted by Gasteiger charge is 2.35. The van der Waals surface area contributed by atoms with Gasteiger partial charge in [0.15, 0.2) is 0 Å². The second kappa shape index (κ2) is 6.17. The third-order valence-electron chi connectivity index (χ3n) is 3.83. The summed E-state index contributed by atoms with van der Waals surface area (Å²) in [7, 11) is 4.42. The zero-order valence-electron chi connectivity index (χ0n) is 12.6. The van der Waals surface area contributed by atoms with E-state index in [-0.39, 0.29) is 0 Å². The Balaban J connectivity index is 2.63. The molecule has 0 bridgehead atoms. The minimum Gasteiger partial charge on any atom is -0.314 e. The molecule has 1 heterocycles. The van der Waals surface area contributed by atoms with Crippen molar-refractivity contribution in [2.24, 2.45) is 11.3 Å². The summed E-state index contributed by atoms with van der Waals surface area (Å²) in [5.74, 6) is 0.697. The van der Waals surface area contributed by atoms with Crippen molar-refractivity contribution in [3.05, 3.63) is 0 Å². The quantitative estimate of drug-likeness (QED) is 0.787. The standard InChI is InChI=1S/C14H31N3/c1-12(2)13(16(5)6)14(3,4)11-17-9-7-15-8-10-17/h12-13,15H,7-11H2,1-6H3. The fourth-order valence-electron chi connectivity index (χ4n) is 3.74. The first-order chi connectivity index (χ1) is 7.84. The number of hydrogen-bond donors (Lipinski definition) is 1. The third-order valence-corrected chi connectivity index (χ3v) is 3.83. The SMILES string of the molecule is CC(C)C(N(C)C)C(C)(C)CN1CCNCC1. The Morgan fingerprint density at radius 2 is 1.71 bits per heavy atom. The molecule has 1 aliphatic heterocycles. The van der Waals surface area contributed by atoms with Crippen LogP contribution in [0.2, 0.25) is 0 Å². The average Bonchev–Trinajstić information content (AvgIpc) is 2.15. The van der Waals surface area contributed by atoms with Crippen LogP contribution >= 0.6 is 0 Å². The smallest absolute Gasteiger partial charge is 0.0175 e. The second-order valence-corrected chi connectivity index (χ2v) is 6.67. The van der Waals surface area contributed by atoms with Crippen LogP contribution in [0.15, 0.2) is 0 Å². The molecule has 0 radical (unpaired) electrons. The summed E-state index contributed by atoms with van der Waals surface area (Å²) in [4.78, 5) is 5.00. The normalized spacial score (nSPS) is 21.2. The van der Waals surface area contributed by atoms with Crippen molar-refractivity contribution in [1.82, 2.24) is 15.1 Å². The number of nitrogens with one attached hydrogen (secondary N) is 1. The van der Waals surface area contributed by atoms with Gasteiger partial charge in [0.1, 0.15) is 0 Å². The molecule has 1 atom stereocenters. The Bertz CT molecular complexity index is 210. The fourth-order valence-corrected chi connectivity index (χ4v) is 3.74. The molecular formula is C14H31N3. The number of piperazine rings is 1. The summed E-state index contributed by atoms with van der Waals surface area (Å²) < 4.78 is 0. The summed E-state index contributed by atoms with van der Waals surface area (Å²) in [6.45, 7) is 15.4. The second-order valence-electron chi connectivity index (χ2n) is 6.67. The first-order valence-corrected chi connectivity index (χ1v) is 6.94. The Morgan fingerprint density at radius 1 is 1.18 bits per heavy atom. The molecule has 1 aliphatic rings. The van der Waals surface area contributed by atoms with E-state index in [9.17, 15) is 0 Å². The molecule has 0 saturated carbocycles. The first-order valence-electron chi connectivity index (χ1n) is 6.94. The molecule has 0 aromatic heterocycles. The maximum absolute atomic E-state index is 3.42. The van der Waals surface area contributed by atoms with E-state index in [0.29, 0.717) is 17.4 Å². The number of hydrogen-bond acceptors (Lipinski definition) is 3. The molecule has 3 heteroatoms. The monoisotopic (exact) mass is 241 g/mol. The van der Waals surface area contributed by atoms with E-state index < -0.39 is 0 Å². The van der Waals surface area contributed by atoms with Gasteiger partial charge in [-0.15, -0.1) is 0 Å². The van der Waals surface area contributed by atoms with Crippen molar-refractivity contribution in [3.63, 3.8) is 0 Å². The van der Waals surface area contributed by atoms with Crippen LogP contribution in [0.25, 0.3) is 0 Å². The maximum Gasteiger partial charge on any atom is 0.0175 e. The fraction of sp³-hybridized carbons (Fsp3) is 1.00. The molecular weight excluding hydrogens is 210 g/mol. The molecule has 1 N–H and O–H groups in total. The third kappa shape index (κ3) is 4.23. The molecule has 0 aliphatic carbocycles. The van der Waals surface area contributed by atoms with Gasteiger partial charge in [-0.25, -0.2) is 0 Å². The average molecular weight is 241 g/mol. The van der Waals surface area contributed by atoms with E-state index >= 15 is 0 Å². The molecule has 1 unspecified atom stereocenters. The molecule has 0 amide bonds. The predicted molar refractivity (Wildman–Crippen MR) is 75.4 cm³/mol. The van der Waals surface area contributed by atoms with E-state index in [1.807, 2.05) is 0 Å². The van der Waals surface area contributed by atoms with Gasteiger partial charge >= 0.3 is 0 Å². The first kappa shape index (κ1) is 14.9. The van der Waals surface area contributed by atoms with E-state index in [2.05, 4.69) is 56.9 Å². The van der Waals surface area contributed by atoms with Crippen LogP contribution in [0.1, 0.15) is 27.7 Å². The lowest BCUT2D eigenvalue weighted by Crippen LogP contribution is -2.53. The molecule has 3 nitrogen and oxygen atoms in total. The van der Waals surface area contributed by atoms with Gasteiger partial charge in [-0.1, -0.05) is 27.7 Å². The van der Waals surface area contributed by atoms with Crippen molar-refractivity contribution in [2.75, 3.05) is 46.8 Å². The van der Waals surface area contributed by atoms with Crippen molar-refractivity contribution in [3.8, 4) is 0 Å². The Labute approximate surface area is 108 Å². The van der Waals surface area contributed by atoms with Crippen molar-refractivity contribution >= 4 is 0 Å². The highest BCUT2D eigenvalue weighted by molar-refractivity contribution is 4.89. The van der Waals surface area contributed by atoms with Crippen LogP contribution in [0.3, 0.4) is 0 Å². The topological polar surface area (TPSA) is 18.5 Å². The van der Waals surface area contributed by atoms with Crippen LogP contribution in [0, 0.1) is 11.3 Å². The summed E-state index contributed by atoms with van der Waals surface area (Å²) in [5, 5.41) is 3.42. The van der Waals surface area contributed by atoms with Crippen molar-refractivity contribution < 1.29 is 0 Å². The lowest BCUT2D eigenvalue weighted by Gasteiger charge is -2.45. The molecule has 0 aromatic rings. The van der Waals surface area contributed by atoms with Gasteiger partial charge in [-0.05, 0) is 25.4 Å². The van der Waals surface area contributed by atoms with Gasteiger partial charge in [0, 0.05) is 38.8 Å². The largest absolute Gasteiger partial charge is 0.314 e. The van der Waals surface area contributed by atoms with Crippen molar-refractivity contribution in [2.45, 2.75) is 33.7 Å². The van der Waals surface area contributed by atoms with Crippen LogP contribution in [-0.2, 0) is 0 Å². The summed E-state index contributed by atoms with van der Waals surface area (Å²) in [6.07, 6.45) is 0. The molecule has 17 heavy (non-hydrogen) atoms. The summed E-state index contributed by atoms with van der Waals surface area (Å²) >= 11 is 0. The predicted octanol–water partition coefficient (Wildman–Crippen LogP) is 1.50. The molecule has 1 fully saturated rings. The van der Waals surface area contributed by atoms with Gasteiger partial charge in [-0.2, -0.15) is 0 Å². The molecule has 0 aromatic carbocycles. The Hall–Kier alpha value is -0.120. The van der Waals surface area contributed by atoms with E-state index in [1.54, 1.807) is 0 Å². The minimum atomic E-state index is 0.342. The maximum atomic E-state index is 3.42. The Kier molecular flexibility index (Phi) is 5.42. The van der Waals surface area contributed by atoms with Crippen LogP contribution < -0.4 is 5.32 Å². The molecule has 1 saturated heterocycles. The molecule has 102 valence electrons. The molecule has 1 rings (SSSR count). The summed E-state index contributed by atoms with van der Waals surface area (Å²) in [5.41, 5.74) is 0.342. The van der Waals surface area contributed by atoms with Gasteiger partial charge in [0.05, 0.1) is 0 Å². The van der Waals surface area contributed by atoms with Crippen LogP contribution in [-0.4, -0.2) is 62.7 Å². The van der Waals surface area contributed by atoms with Gasteiger partial charge < -0.3 is 15.1 Å². The van der Waals surface area contributed by atoms with E-state index in [0.717, 1.165) is 13.1 Å². The lowest BCUT2D eigenvalue weighted by atomic mass is 9.77. The van der Waals surface area contributed by atoms with E-state index in [4.69, 9.17) is 0 Å². The lowest BCUT2D eigenvalue weighted by molar-refractivity contribution is 0.0507. The van der Waals surface area contributed by atoms with Crippen LogP contribution in [0.5, 0.6) is 0 Å². The zero-order valence-corrected chi connectivity index (χ0v) is 12.6. The zero-order chi connectivity index (χ0) is 13.1. The Morgan fingerprint density at radius 3 is 2.12 bits per heavy atom. The molecule has 0 spiro atoms. The summed E-state index contributed by atoms with van der Waals surface area (Å²) in [6, 6.07) is 0.636. The van der Waals surface area contributed by atoms with Gasteiger partial charge in [0.25, 0.3) is 0 Å². The highest BCUT2D eigenvalue weighted by Crippen LogP contribution is 2.30. The number of nitrogens with zero attached hydrogens (tertiary/aromatic N) is 2. The highest BCUT2D eigenvalue weighted by atomic mass is 15.2. The van der Waals surface area contributed by atoms with Gasteiger partial charge in [0.2, 0.25) is 0 Å². The van der Waals surface area contributed by atoms with Crippen LogP contribution in [0.4, 0.5) is 0 Å². The van der Waals surface area contributed by atoms with Crippen molar-refractivity contribution in [1.29, 1.82) is 0 Å². The minimum absolute atomic E-state index is 0.342. The number of rotatable bonds is 5. The van der Waals surface area contributed by atoms with E-state index in [1.165, 1.54) is 19.6 Å². The van der Waals surface area contributed by atoms with Gasteiger partial charge in [-0.3, -0.25) is 0 Å².